The zero-order valence-electron chi connectivity index (χ0n) is 26.3. The zero-order chi connectivity index (χ0) is 31.7. The van der Waals surface area contributed by atoms with Gasteiger partial charge in [-0.2, -0.15) is 4.57 Å². The largest absolute Gasteiger partial charge is 0.454 e. The number of furan rings is 1. The van der Waals surface area contributed by atoms with Crippen molar-refractivity contribution in [1.82, 2.24) is 4.40 Å². The summed E-state index contributed by atoms with van der Waals surface area (Å²) in [7, 11) is 0. The van der Waals surface area contributed by atoms with Gasteiger partial charge in [0.15, 0.2) is 11.8 Å². The van der Waals surface area contributed by atoms with E-state index < -0.39 is 0 Å². The van der Waals surface area contributed by atoms with Crippen LogP contribution < -0.4 is 4.57 Å². The lowest BCUT2D eigenvalue weighted by Crippen LogP contribution is -2.48. The second-order valence-electron chi connectivity index (χ2n) is 13.4. The highest BCUT2D eigenvalue weighted by molar-refractivity contribution is 6.28. The van der Waals surface area contributed by atoms with Crippen molar-refractivity contribution in [2.45, 2.75) is 24.8 Å². The topological polar surface area (TPSA) is 33.8 Å². The minimum Gasteiger partial charge on any atom is -0.454 e. The molecule has 0 saturated carbocycles. The molecular formula is C44H30N3O+. The van der Waals surface area contributed by atoms with E-state index in [4.69, 9.17) is 9.41 Å². The molecule has 48 heavy (non-hydrogen) atoms. The minimum absolute atomic E-state index is 0.0160. The van der Waals surface area contributed by atoms with Gasteiger partial charge in [-0.25, -0.2) is 4.99 Å². The smallest absolute Gasteiger partial charge is 0.213 e. The van der Waals surface area contributed by atoms with Crippen LogP contribution in [0.4, 0.5) is 0 Å². The van der Waals surface area contributed by atoms with Crippen LogP contribution >= 0.6 is 0 Å². The molecule has 4 nitrogen and oxygen atoms in total. The molecular weight excluding hydrogens is 587 g/mol. The molecule has 2 atom stereocenters. The van der Waals surface area contributed by atoms with Crippen LogP contribution in [0.5, 0.6) is 0 Å². The molecule has 11 rings (SSSR count). The van der Waals surface area contributed by atoms with Gasteiger partial charge in [0.1, 0.15) is 11.3 Å². The molecule has 0 saturated heterocycles. The summed E-state index contributed by atoms with van der Waals surface area (Å²) >= 11 is 0. The van der Waals surface area contributed by atoms with Crippen LogP contribution in [-0.4, -0.2) is 10.1 Å². The van der Waals surface area contributed by atoms with Gasteiger partial charge >= 0.3 is 0 Å². The first-order valence-electron chi connectivity index (χ1n) is 16.7. The molecule has 0 radical (unpaired) electrons. The number of pyridine rings is 1. The van der Waals surface area contributed by atoms with Gasteiger partial charge in [-0.05, 0) is 66.4 Å². The Morgan fingerprint density at radius 3 is 2.44 bits per heavy atom. The average molecular weight is 617 g/mol. The van der Waals surface area contributed by atoms with E-state index in [-0.39, 0.29) is 12.0 Å². The summed E-state index contributed by atoms with van der Waals surface area (Å²) in [6.07, 6.45) is 5.97. The number of benzene rings is 5. The summed E-state index contributed by atoms with van der Waals surface area (Å²) in [5.74, 6) is 0.231. The number of aryl methyl sites for hydroxylation is 1. The first-order chi connectivity index (χ1) is 23.7. The van der Waals surface area contributed by atoms with Crippen LogP contribution in [0.2, 0.25) is 0 Å². The molecule has 4 aromatic heterocycles. The van der Waals surface area contributed by atoms with E-state index in [1.54, 1.807) is 0 Å². The van der Waals surface area contributed by atoms with E-state index in [2.05, 4.69) is 131 Å². The van der Waals surface area contributed by atoms with Crippen molar-refractivity contribution >= 4 is 65.7 Å². The van der Waals surface area contributed by atoms with Crippen molar-refractivity contribution in [2.24, 2.45) is 4.99 Å². The van der Waals surface area contributed by atoms with Crippen LogP contribution in [-0.2, 0) is 6.42 Å². The highest BCUT2D eigenvalue weighted by Crippen LogP contribution is 2.47. The number of aromatic nitrogens is 2. The third kappa shape index (κ3) is 3.24. The number of allylic oxidation sites excluding steroid dienone is 2. The van der Waals surface area contributed by atoms with Crippen molar-refractivity contribution < 1.29 is 8.98 Å². The van der Waals surface area contributed by atoms with Gasteiger partial charge in [0.05, 0.1) is 28.2 Å². The summed E-state index contributed by atoms with van der Waals surface area (Å²) in [5.41, 5.74) is 13.4. The molecule has 6 heterocycles. The van der Waals surface area contributed by atoms with E-state index in [1.807, 2.05) is 12.1 Å². The fourth-order valence-electron chi connectivity index (χ4n) is 9.06. The Balaban J connectivity index is 1.20. The van der Waals surface area contributed by atoms with Crippen LogP contribution in [0.25, 0.3) is 71.3 Å². The van der Waals surface area contributed by atoms with Crippen molar-refractivity contribution in [1.29, 1.82) is 0 Å². The number of rotatable bonds is 1. The molecule has 0 spiro atoms. The van der Waals surface area contributed by atoms with Gasteiger partial charge < -0.3 is 8.82 Å². The minimum atomic E-state index is 0.0160. The first kappa shape index (κ1) is 26.1. The molecule has 9 aromatic rings. The summed E-state index contributed by atoms with van der Waals surface area (Å²) in [6.45, 7) is 8.89. The summed E-state index contributed by atoms with van der Waals surface area (Å²) in [5, 5.41) is 7.21. The molecule has 0 aliphatic carbocycles. The van der Waals surface area contributed by atoms with Gasteiger partial charge in [-0.15, -0.1) is 0 Å². The Bertz CT molecular complexity index is 2900. The van der Waals surface area contributed by atoms with Gasteiger partial charge in [-0.1, -0.05) is 73.8 Å². The van der Waals surface area contributed by atoms with Gasteiger partial charge in [-0.3, -0.25) is 0 Å². The van der Waals surface area contributed by atoms with Crippen molar-refractivity contribution in [3.8, 4) is 11.3 Å². The molecule has 2 unspecified atom stereocenters. The second-order valence-corrected chi connectivity index (χ2v) is 13.4. The molecule has 0 N–H and O–H groups in total. The Hall–Kier alpha value is -6.00. The summed E-state index contributed by atoms with van der Waals surface area (Å²) in [4.78, 5) is 5.30. The third-order valence-corrected chi connectivity index (χ3v) is 11.1. The number of hydrogen-bond acceptors (Lipinski definition) is 2. The Labute approximate surface area is 276 Å². The maximum Gasteiger partial charge on any atom is 0.213 e. The Morgan fingerprint density at radius 1 is 0.750 bits per heavy atom. The molecule has 2 aliphatic rings. The van der Waals surface area contributed by atoms with Crippen LogP contribution in [0, 0.1) is 0 Å². The molecule has 5 aromatic carbocycles. The van der Waals surface area contributed by atoms with Crippen molar-refractivity contribution in [3.63, 3.8) is 0 Å². The normalized spacial score (nSPS) is 18.8. The van der Waals surface area contributed by atoms with Gasteiger partial charge in [0.2, 0.25) is 11.7 Å². The fraction of sp³-hybridized carbons (Fsp3) is 0.0909. The predicted octanol–water partition coefficient (Wildman–Crippen LogP) is 10.5. The highest BCUT2D eigenvalue weighted by atomic mass is 16.3. The van der Waals surface area contributed by atoms with Gasteiger partial charge in [0.25, 0.3) is 0 Å². The van der Waals surface area contributed by atoms with E-state index in [9.17, 15) is 0 Å². The Kier molecular flexibility index (Phi) is 5.06. The number of nitrogens with zero attached hydrogens (tertiary/aromatic N) is 3. The monoisotopic (exact) mass is 616 g/mol. The zero-order valence-corrected chi connectivity index (χ0v) is 26.3. The second kappa shape index (κ2) is 9.30. The van der Waals surface area contributed by atoms with Crippen LogP contribution in [0.15, 0.2) is 150 Å². The number of aliphatic imine (C=N–C) groups is 1. The molecule has 0 fully saturated rings. The predicted molar refractivity (Wildman–Crippen MR) is 196 cm³/mol. The summed E-state index contributed by atoms with van der Waals surface area (Å²) < 4.78 is 11.5. The van der Waals surface area contributed by atoms with E-state index in [1.165, 1.54) is 55.0 Å². The molecule has 0 bridgehead atoms. The maximum absolute atomic E-state index is 6.64. The van der Waals surface area contributed by atoms with Crippen molar-refractivity contribution in [3.05, 3.63) is 157 Å². The van der Waals surface area contributed by atoms with Gasteiger partial charge in [0, 0.05) is 55.6 Å². The molecule has 0 amide bonds. The molecule has 226 valence electrons. The number of para-hydroxylation sites is 2. The maximum atomic E-state index is 6.64. The quantitative estimate of drug-likeness (QED) is 0.169. The molecule has 4 heteroatoms. The van der Waals surface area contributed by atoms with Crippen LogP contribution in [0.1, 0.15) is 35.1 Å². The lowest BCUT2D eigenvalue weighted by molar-refractivity contribution is -0.709. The summed E-state index contributed by atoms with van der Waals surface area (Å²) in [6, 6.07) is 39.6. The highest BCUT2D eigenvalue weighted by Gasteiger charge is 2.42. The van der Waals surface area contributed by atoms with E-state index >= 15 is 0 Å². The number of hydrogen-bond donors (Lipinski definition) is 0. The van der Waals surface area contributed by atoms with Crippen molar-refractivity contribution in [2.75, 3.05) is 0 Å². The van der Waals surface area contributed by atoms with E-state index in [0.29, 0.717) is 0 Å². The average Bonchev–Trinajstić information content (AvgIpc) is 3.79. The Morgan fingerprint density at radius 2 is 1.52 bits per heavy atom. The third-order valence-electron chi connectivity index (χ3n) is 11.1. The van der Waals surface area contributed by atoms with Crippen LogP contribution in [0.3, 0.4) is 0 Å². The molecule has 2 aliphatic heterocycles. The first-order valence-corrected chi connectivity index (χ1v) is 16.7. The fourth-order valence-corrected chi connectivity index (χ4v) is 9.06. The lowest BCUT2D eigenvalue weighted by atomic mass is 9.78. The number of fused-ring (bicyclic) bond motifs is 17. The standard InChI is InChI=1S/C44H30N3O/c1-3-37-35-24-36-31-15-10-14-30-33-20-21-34-29-13-6-7-17-40(29)48-44(34)43(33)47(42(30)31)39(36)23-26(35)18-19-32-27-11-4-5-12-28(27)38-16-8-9-22-46(38)41(32)25(2)45-37/h3-17,20-24,32,41H,1-2,18-19H2/q+1/b45-37-. The lowest BCUT2D eigenvalue weighted by Gasteiger charge is -2.30. The SMILES string of the molecule is C=C/C1=N/C(=C)C2C(CCc3cc4c(cc31)c1cccc3c5ccc6c7ccccc7oc6c5n4c13)c1ccccc1-c1cccc[n+]12. The van der Waals surface area contributed by atoms with E-state index in [0.717, 1.165) is 57.3 Å².